The Kier molecular flexibility index (Phi) is 6.02. The minimum atomic E-state index is -0.174. The van der Waals surface area contributed by atoms with Gasteiger partial charge in [0.1, 0.15) is 0 Å². The molecule has 0 aliphatic rings. The van der Waals surface area contributed by atoms with Crippen molar-refractivity contribution in [3.05, 3.63) is 46.7 Å². The Balaban J connectivity index is 2.35. The van der Waals surface area contributed by atoms with Crippen molar-refractivity contribution in [1.82, 2.24) is 15.1 Å². The monoisotopic (exact) mass is 349 g/mol. The molecule has 2 unspecified atom stereocenters. The summed E-state index contributed by atoms with van der Waals surface area (Å²) < 4.78 is 1.77. The summed E-state index contributed by atoms with van der Waals surface area (Å²) in [6.07, 6.45) is 1.59. The summed E-state index contributed by atoms with van der Waals surface area (Å²) in [5.41, 5.74) is 2.26. The lowest BCUT2D eigenvalue weighted by molar-refractivity contribution is 0.0915. The lowest BCUT2D eigenvalue weighted by atomic mass is 10.0. The van der Waals surface area contributed by atoms with Crippen molar-refractivity contribution >= 4 is 17.5 Å². The fourth-order valence-corrected chi connectivity index (χ4v) is 2.59. The SMILES string of the molecule is CC(C)c1c(C(=O)NC(C)C(C)CO)cnn1-c1ccc(Cl)cc1. The highest BCUT2D eigenvalue weighted by atomic mass is 35.5. The normalized spacial score (nSPS) is 13.8. The molecule has 0 saturated carbocycles. The largest absolute Gasteiger partial charge is 0.396 e. The van der Waals surface area contributed by atoms with Crippen molar-refractivity contribution in [3.8, 4) is 5.69 Å². The van der Waals surface area contributed by atoms with Gasteiger partial charge in [0.05, 0.1) is 23.1 Å². The number of rotatable bonds is 6. The molecule has 1 amide bonds. The van der Waals surface area contributed by atoms with Gasteiger partial charge in [0.2, 0.25) is 0 Å². The molecule has 0 spiro atoms. The Morgan fingerprint density at radius 2 is 1.88 bits per heavy atom. The third kappa shape index (κ3) is 3.97. The van der Waals surface area contributed by atoms with Gasteiger partial charge >= 0.3 is 0 Å². The molecule has 5 nitrogen and oxygen atoms in total. The van der Waals surface area contributed by atoms with Crippen LogP contribution >= 0.6 is 11.6 Å². The van der Waals surface area contributed by atoms with Gasteiger partial charge in [-0.3, -0.25) is 4.79 Å². The van der Waals surface area contributed by atoms with Crippen LogP contribution in [-0.2, 0) is 0 Å². The zero-order chi connectivity index (χ0) is 17.9. The van der Waals surface area contributed by atoms with Gasteiger partial charge < -0.3 is 10.4 Å². The second kappa shape index (κ2) is 7.81. The molecule has 2 aromatic rings. The minimum absolute atomic E-state index is 0.0113. The van der Waals surface area contributed by atoms with E-state index in [0.717, 1.165) is 11.4 Å². The first-order valence-electron chi connectivity index (χ1n) is 8.10. The highest BCUT2D eigenvalue weighted by molar-refractivity contribution is 6.30. The highest BCUT2D eigenvalue weighted by Gasteiger charge is 2.23. The van der Waals surface area contributed by atoms with E-state index in [0.29, 0.717) is 10.6 Å². The molecule has 0 radical (unpaired) electrons. The van der Waals surface area contributed by atoms with Gasteiger partial charge in [0.15, 0.2) is 0 Å². The Hall–Kier alpha value is -1.85. The van der Waals surface area contributed by atoms with Crippen molar-refractivity contribution in [2.75, 3.05) is 6.61 Å². The minimum Gasteiger partial charge on any atom is -0.396 e. The van der Waals surface area contributed by atoms with Crippen molar-refractivity contribution < 1.29 is 9.90 Å². The van der Waals surface area contributed by atoms with E-state index < -0.39 is 0 Å². The van der Waals surface area contributed by atoms with Crippen LogP contribution in [0.1, 0.15) is 49.7 Å². The number of nitrogens with one attached hydrogen (secondary N) is 1. The number of hydrogen-bond acceptors (Lipinski definition) is 3. The summed E-state index contributed by atoms with van der Waals surface area (Å²) in [6.45, 7) is 7.87. The van der Waals surface area contributed by atoms with Crippen LogP contribution in [0.3, 0.4) is 0 Å². The molecule has 0 saturated heterocycles. The zero-order valence-electron chi connectivity index (χ0n) is 14.5. The molecule has 1 heterocycles. The first kappa shape index (κ1) is 18.5. The van der Waals surface area contributed by atoms with Gasteiger partial charge in [-0.15, -0.1) is 0 Å². The first-order valence-corrected chi connectivity index (χ1v) is 8.48. The predicted octanol–water partition coefficient (Wildman–Crippen LogP) is 3.40. The molecule has 24 heavy (non-hydrogen) atoms. The van der Waals surface area contributed by atoms with Crippen LogP contribution in [0, 0.1) is 5.92 Å². The third-order valence-corrected chi connectivity index (χ3v) is 4.42. The highest BCUT2D eigenvalue weighted by Crippen LogP contribution is 2.24. The smallest absolute Gasteiger partial charge is 0.255 e. The average Bonchev–Trinajstić information content (AvgIpc) is 3.00. The van der Waals surface area contributed by atoms with Crippen molar-refractivity contribution in [1.29, 1.82) is 0 Å². The maximum Gasteiger partial charge on any atom is 0.255 e. The van der Waals surface area contributed by atoms with E-state index in [1.807, 2.05) is 39.8 Å². The molecule has 1 aromatic heterocycles. The van der Waals surface area contributed by atoms with Crippen molar-refractivity contribution in [3.63, 3.8) is 0 Å². The molecule has 2 atom stereocenters. The fraction of sp³-hybridized carbons (Fsp3) is 0.444. The summed E-state index contributed by atoms with van der Waals surface area (Å²) in [5.74, 6) is -0.0658. The molecule has 0 fully saturated rings. The van der Waals surface area contributed by atoms with Gasteiger partial charge in [-0.05, 0) is 43.0 Å². The molecule has 0 bridgehead atoms. The molecule has 2 N–H and O–H groups in total. The third-order valence-electron chi connectivity index (χ3n) is 4.17. The van der Waals surface area contributed by atoms with Crippen LogP contribution < -0.4 is 5.32 Å². The van der Waals surface area contributed by atoms with Crippen LogP contribution in [0.2, 0.25) is 5.02 Å². The molecule has 2 rings (SSSR count). The molecule has 0 aliphatic carbocycles. The van der Waals surface area contributed by atoms with Crippen LogP contribution in [0.15, 0.2) is 30.5 Å². The molecule has 0 aliphatic heterocycles. The van der Waals surface area contributed by atoms with Crippen molar-refractivity contribution in [2.45, 2.75) is 39.7 Å². The van der Waals surface area contributed by atoms with Gasteiger partial charge in [-0.2, -0.15) is 5.10 Å². The van der Waals surface area contributed by atoms with Crippen molar-refractivity contribution in [2.24, 2.45) is 5.92 Å². The van der Waals surface area contributed by atoms with Crippen LogP contribution in [0.25, 0.3) is 5.69 Å². The fourth-order valence-electron chi connectivity index (χ4n) is 2.46. The number of aliphatic hydroxyl groups excluding tert-OH is 1. The van der Waals surface area contributed by atoms with E-state index in [1.54, 1.807) is 23.0 Å². The summed E-state index contributed by atoms with van der Waals surface area (Å²) >= 11 is 5.94. The Morgan fingerprint density at radius 3 is 2.42 bits per heavy atom. The Bertz CT molecular complexity index is 695. The standard InChI is InChI=1S/C18H24ClN3O2/c1-11(2)17-16(18(24)21-13(4)12(3)10-23)9-20-22(17)15-7-5-14(19)6-8-15/h5-9,11-13,23H,10H2,1-4H3,(H,21,24). The number of halogens is 1. The maximum atomic E-state index is 12.6. The van der Waals surface area contributed by atoms with E-state index in [4.69, 9.17) is 11.6 Å². The van der Waals surface area contributed by atoms with E-state index in [2.05, 4.69) is 10.4 Å². The number of amides is 1. The number of carbonyl (C=O) groups excluding carboxylic acids is 1. The summed E-state index contributed by atoms with van der Waals surface area (Å²) in [4.78, 5) is 12.6. The molecule has 6 heteroatoms. The number of aromatic nitrogens is 2. The number of aliphatic hydroxyl groups is 1. The molecule has 1 aromatic carbocycles. The zero-order valence-corrected chi connectivity index (χ0v) is 15.2. The lowest BCUT2D eigenvalue weighted by Gasteiger charge is -2.20. The number of hydrogen-bond donors (Lipinski definition) is 2. The lowest BCUT2D eigenvalue weighted by Crippen LogP contribution is -2.38. The summed E-state index contributed by atoms with van der Waals surface area (Å²) in [5, 5.41) is 17.2. The van der Waals surface area contributed by atoms with Crippen LogP contribution in [-0.4, -0.2) is 33.4 Å². The van der Waals surface area contributed by atoms with Gasteiger partial charge in [0, 0.05) is 17.7 Å². The maximum absolute atomic E-state index is 12.6. The second-order valence-electron chi connectivity index (χ2n) is 6.41. The Morgan fingerprint density at radius 1 is 1.25 bits per heavy atom. The van der Waals surface area contributed by atoms with E-state index in [9.17, 15) is 9.90 Å². The quantitative estimate of drug-likeness (QED) is 0.840. The average molecular weight is 350 g/mol. The summed E-state index contributed by atoms with van der Waals surface area (Å²) in [6, 6.07) is 7.22. The van der Waals surface area contributed by atoms with Crippen LogP contribution in [0.4, 0.5) is 0 Å². The summed E-state index contributed by atoms with van der Waals surface area (Å²) in [7, 11) is 0. The van der Waals surface area contributed by atoms with E-state index in [-0.39, 0.29) is 30.4 Å². The molecular weight excluding hydrogens is 326 g/mol. The Labute approximate surface area is 147 Å². The van der Waals surface area contributed by atoms with Gasteiger partial charge in [-0.1, -0.05) is 32.4 Å². The van der Waals surface area contributed by atoms with Gasteiger partial charge in [-0.25, -0.2) is 4.68 Å². The second-order valence-corrected chi connectivity index (χ2v) is 6.84. The topological polar surface area (TPSA) is 67.2 Å². The molecular formula is C18H24ClN3O2. The number of carbonyl (C=O) groups is 1. The van der Waals surface area contributed by atoms with E-state index in [1.165, 1.54) is 0 Å². The predicted molar refractivity (Wildman–Crippen MR) is 95.8 cm³/mol. The van der Waals surface area contributed by atoms with E-state index >= 15 is 0 Å². The molecule has 130 valence electrons. The number of benzene rings is 1. The van der Waals surface area contributed by atoms with Crippen LogP contribution in [0.5, 0.6) is 0 Å². The van der Waals surface area contributed by atoms with Gasteiger partial charge in [0.25, 0.3) is 5.91 Å². The number of nitrogens with zero attached hydrogens (tertiary/aromatic N) is 2. The first-order chi connectivity index (χ1) is 11.3.